The van der Waals surface area contributed by atoms with E-state index >= 15 is 0 Å². The predicted octanol–water partition coefficient (Wildman–Crippen LogP) is 1.11. The molecule has 2 saturated carbocycles. The largest absolute Gasteiger partial charge is 0.481 e. The number of methoxy groups -OCH3 is 1. The maximum absolute atomic E-state index is 11.9. The van der Waals surface area contributed by atoms with Gasteiger partial charge in [0.05, 0.1) is 12.0 Å². The quantitative estimate of drug-likeness (QED) is 0.714. The Hall–Kier alpha value is -1.30. The van der Waals surface area contributed by atoms with Crippen LogP contribution in [0.3, 0.4) is 0 Å². The maximum Gasteiger partial charge on any atom is 0.315 e. The molecule has 2 aliphatic carbocycles. The van der Waals surface area contributed by atoms with Gasteiger partial charge in [0.1, 0.15) is 0 Å². The lowest BCUT2D eigenvalue weighted by molar-refractivity contribution is -0.142. The highest BCUT2D eigenvalue weighted by Gasteiger charge is 2.34. The Morgan fingerprint density at radius 2 is 1.95 bits per heavy atom. The first kappa shape index (κ1) is 14.1. The molecule has 6 nitrogen and oxygen atoms in total. The molecule has 2 aliphatic rings. The molecule has 108 valence electrons. The van der Waals surface area contributed by atoms with Gasteiger partial charge < -0.3 is 20.5 Å². The lowest BCUT2D eigenvalue weighted by atomic mass is 10.0. The van der Waals surface area contributed by atoms with Crippen molar-refractivity contribution < 1.29 is 19.4 Å². The Morgan fingerprint density at radius 3 is 2.58 bits per heavy atom. The fourth-order valence-electron chi connectivity index (χ4n) is 3.11. The summed E-state index contributed by atoms with van der Waals surface area (Å²) in [6.07, 6.45) is 5.18. The van der Waals surface area contributed by atoms with Gasteiger partial charge in [0.25, 0.3) is 0 Å². The van der Waals surface area contributed by atoms with Crippen LogP contribution >= 0.6 is 0 Å². The fourth-order valence-corrected chi connectivity index (χ4v) is 3.11. The molecule has 0 heterocycles. The highest BCUT2D eigenvalue weighted by Crippen LogP contribution is 2.26. The third-order valence-corrected chi connectivity index (χ3v) is 4.20. The molecule has 0 aromatic heterocycles. The van der Waals surface area contributed by atoms with Crippen LogP contribution in [0, 0.1) is 5.92 Å². The Balaban J connectivity index is 1.77. The third kappa shape index (κ3) is 3.59. The number of carboxylic acid groups (broad SMARTS) is 1. The summed E-state index contributed by atoms with van der Waals surface area (Å²) in [7, 11) is 1.68. The van der Waals surface area contributed by atoms with Crippen molar-refractivity contribution in [2.45, 2.75) is 56.7 Å². The zero-order valence-corrected chi connectivity index (χ0v) is 11.2. The number of nitrogens with one attached hydrogen (secondary N) is 2. The number of ether oxygens (including phenoxy) is 1. The standard InChI is InChI=1S/C13H22N2O4/c1-19-9-6-5-8(7-9)14-13(18)15-11-4-2-3-10(11)12(16)17/h8-11H,2-7H2,1H3,(H,16,17)(H2,14,15,18). The Bertz CT molecular complexity index is 348. The molecule has 3 N–H and O–H groups in total. The van der Waals surface area contributed by atoms with E-state index in [2.05, 4.69) is 10.6 Å². The molecule has 0 aliphatic heterocycles. The van der Waals surface area contributed by atoms with Crippen molar-refractivity contribution in [2.24, 2.45) is 5.92 Å². The summed E-state index contributed by atoms with van der Waals surface area (Å²) < 4.78 is 5.26. The molecular formula is C13H22N2O4. The predicted molar refractivity (Wildman–Crippen MR) is 68.9 cm³/mol. The lowest BCUT2D eigenvalue weighted by Crippen LogP contribution is -2.48. The normalized spacial score (nSPS) is 34.2. The van der Waals surface area contributed by atoms with Crippen molar-refractivity contribution in [2.75, 3.05) is 7.11 Å². The number of carbonyl (C=O) groups excluding carboxylic acids is 1. The average molecular weight is 270 g/mol. The molecule has 0 aromatic rings. The van der Waals surface area contributed by atoms with Gasteiger partial charge in [-0.25, -0.2) is 4.79 Å². The molecule has 4 atom stereocenters. The van der Waals surface area contributed by atoms with Gasteiger partial charge >= 0.3 is 12.0 Å². The van der Waals surface area contributed by atoms with Crippen LogP contribution in [-0.4, -0.2) is 42.4 Å². The summed E-state index contributed by atoms with van der Waals surface area (Å²) in [5.41, 5.74) is 0. The average Bonchev–Trinajstić information content (AvgIpc) is 2.97. The second-order valence-electron chi connectivity index (χ2n) is 5.47. The van der Waals surface area contributed by atoms with Crippen molar-refractivity contribution in [1.82, 2.24) is 10.6 Å². The van der Waals surface area contributed by atoms with E-state index in [0.717, 1.165) is 32.1 Å². The van der Waals surface area contributed by atoms with Crippen LogP contribution in [0.5, 0.6) is 0 Å². The van der Waals surface area contributed by atoms with E-state index in [4.69, 9.17) is 9.84 Å². The number of carbonyl (C=O) groups is 2. The molecule has 19 heavy (non-hydrogen) atoms. The molecule has 0 bridgehead atoms. The van der Waals surface area contributed by atoms with Gasteiger partial charge in [-0.15, -0.1) is 0 Å². The molecule has 0 spiro atoms. The number of urea groups is 1. The molecule has 0 radical (unpaired) electrons. The topological polar surface area (TPSA) is 87.7 Å². The second-order valence-corrected chi connectivity index (χ2v) is 5.47. The van der Waals surface area contributed by atoms with Gasteiger partial charge in [-0.05, 0) is 32.1 Å². The number of amides is 2. The lowest BCUT2D eigenvalue weighted by Gasteiger charge is -2.20. The molecule has 2 rings (SSSR count). The van der Waals surface area contributed by atoms with Crippen LogP contribution in [-0.2, 0) is 9.53 Å². The zero-order chi connectivity index (χ0) is 13.8. The summed E-state index contributed by atoms with van der Waals surface area (Å²) in [5.74, 6) is -1.26. The SMILES string of the molecule is COC1CCC(NC(=O)NC2CCCC2C(=O)O)C1. The van der Waals surface area contributed by atoms with Gasteiger partial charge in [0, 0.05) is 19.2 Å². The molecule has 4 unspecified atom stereocenters. The van der Waals surface area contributed by atoms with E-state index in [1.807, 2.05) is 0 Å². The number of rotatable bonds is 4. The first-order valence-electron chi connectivity index (χ1n) is 6.92. The number of aliphatic carboxylic acids is 1. The summed E-state index contributed by atoms with van der Waals surface area (Å²) in [6.45, 7) is 0. The van der Waals surface area contributed by atoms with E-state index in [1.165, 1.54) is 0 Å². The third-order valence-electron chi connectivity index (χ3n) is 4.20. The van der Waals surface area contributed by atoms with Crippen LogP contribution < -0.4 is 10.6 Å². The highest BCUT2D eigenvalue weighted by atomic mass is 16.5. The first-order chi connectivity index (χ1) is 9.10. The number of hydrogen-bond acceptors (Lipinski definition) is 3. The monoisotopic (exact) mass is 270 g/mol. The van der Waals surface area contributed by atoms with Gasteiger partial charge in [0.15, 0.2) is 0 Å². The number of carboxylic acids is 1. The van der Waals surface area contributed by atoms with Gasteiger partial charge in [-0.1, -0.05) is 6.42 Å². The molecule has 0 saturated heterocycles. The first-order valence-corrected chi connectivity index (χ1v) is 6.92. The van der Waals surface area contributed by atoms with E-state index in [1.54, 1.807) is 7.11 Å². The minimum Gasteiger partial charge on any atom is -0.481 e. The molecule has 2 fully saturated rings. The van der Waals surface area contributed by atoms with Crippen molar-refractivity contribution in [1.29, 1.82) is 0 Å². The number of hydrogen-bond donors (Lipinski definition) is 3. The van der Waals surface area contributed by atoms with Gasteiger partial charge in [-0.2, -0.15) is 0 Å². The van der Waals surface area contributed by atoms with E-state index in [0.29, 0.717) is 6.42 Å². The van der Waals surface area contributed by atoms with Crippen molar-refractivity contribution in [3.8, 4) is 0 Å². The summed E-state index contributed by atoms with van der Waals surface area (Å²) in [4.78, 5) is 22.9. The van der Waals surface area contributed by atoms with Crippen LogP contribution in [0.25, 0.3) is 0 Å². The zero-order valence-electron chi connectivity index (χ0n) is 11.2. The van der Waals surface area contributed by atoms with Gasteiger partial charge in [0.2, 0.25) is 0 Å². The minimum atomic E-state index is -0.817. The maximum atomic E-state index is 11.9. The van der Waals surface area contributed by atoms with E-state index in [-0.39, 0.29) is 24.2 Å². The van der Waals surface area contributed by atoms with Crippen LogP contribution in [0.2, 0.25) is 0 Å². The summed E-state index contributed by atoms with van der Waals surface area (Å²) >= 11 is 0. The van der Waals surface area contributed by atoms with Crippen molar-refractivity contribution >= 4 is 12.0 Å². The fraction of sp³-hybridized carbons (Fsp3) is 0.846. The Labute approximate surface area is 112 Å². The minimum absolute atomic E-state index is 0.134. The summed E-state index contributed by atoms with van der Waals surface area (Å²) in [5, 5.41) is 14.8. The smallest absolute Gasteiger partial charge is 0.315 e. The van der Waals surface area contributed by atoms with E-state index < -0.39 is 11.9 Å². The molecule has 2 amide bonds. The van der Waals surface area contributed by atoms with Crippen LogP contribution in [0.4, 0.5) is 4.79 Å². The van der Waals surface area contributed by atoms with E-state index in [9.17, 15) is 9.59 Å². The Kier molecular flexibility index (Phi) is 4.63. The van der Waals surface area contributed by atoms with Crippen LogP contribution in [0.1, 0.15) is 38.5 Å². The van der Waals surface area contributed by atoms with Crippen LogP contribution in [0.15, 0.2) is 0 Å². The molecule has 6 heteroatoms. The molecule has 0 aromatic carbocycles. The molecular weight excluding hydrogens is 248 g/mol. The highest BCUT2D eigenvalue weighted by molar-refractivity contribution is 5.77. The van der Waals surface area contributed by atoms with Crippen molar-refractivity contribution in [3.63, 3.8) is 0 Å². The summed E-state index contributed by atoms with van der Waals surface area (Å²) in [6, 6.07) is -0.355. The van der Waals surface area contributed by atoms with Crippen molar-refractivity contribution in [3.05, 3.63) is 0 Å². The van der Waals surface area contributed by atoms with Gasteiger partial charge in [-0.3, -0.25) is 4.79 Å². The Morgan fingerprint density at radius 1 is 1.16 bits per heavy atom. The second kappa shape index (κ2) is 6.23.